The molecule has 0 radical (unpaired) electrons. The molecule has 0 amide bonds. The maximum atomic E-state index is 11.0. The molecule has 17 heavy (non-hydrogen) atoms. The molecule has 5 nitrogen and oxygen atoms in total. The zero-order chi connectivity index (χ0) is 13.1. The van der Waals surface area contributed by atoms with Gasteiger partial charge >= 0.3 is 0 Å². The highest BCUT2D eigenvalue weighted by Gasteiger charge is 2.08. The lowest BCUT2D eigenvalue weighted by Gasteiger charge is -2.15. The number of hydrogen-bond donors (Lipinski definition) is 0. The van der Waals surface area contributed by atoms with Crippen LogP contribution in [0.25, 0.3) is 0 Å². The Balaban J connectivity index is 2.59. The van der Waals surface area contributed by atoms with Gasteiger partial charge in [0, 0.05) is 18.5 Å². The number of halogens is 1. The van der Waals surface area contributed by atoms with E-state index in [4.69, 9.17) is 11.6 Å². The van der Waals surface area contributed by atoms with Crippen molar-refractivity contribution in [3.63, 3.8) is 0 Å². The minimum Gasteiger partial charge on any atom is -0.298 e. The van der Waals surface area contributed by atoms with Crippen LogP contribution in [0.5, 0.6) is 0 Å². The Labute approximate surface area is 107 Å². The molecule has 1 aromatic rings. The van der Waals surface area contributed by atoms with Gasteiger partial charge in [-0.15, -0.1) is 0 Å². The lowest BCUT2D eigenvalue weighted by molar-refractivity contribution is 0.336. The summed E-state index contributed by atoms with van der Waals surface area (Å²) in [5.41, 5.74) is 0.802. The maximum absolute atomic E-state index is 11.0. The van der Waals surface area contributed by atoms with E-state index in [1.54, 1.807) is 6.07 Å². The fraction of sp³-hybridized carbons (Fsp3) is 0.600. The van der Waals surface area contributed by atoms with E-state index in [9.17, 15) is 8.42 Å². The lowest BCUT2D eigenvalue weighted by Crippen LogP contribution is -2.25. The standard InChI is InChI=1S/C10H16ClN3O2S/c1-8-6-9(11)13-10(12-8)7-14(2)4-5-17(3,15)16/h6H,4-5,7H2,1-3H3. The molecule has 0 N–H and O–H groups in total. The Kier molecular flexibility index (Phi) is 4.85. The Morgan fingerprint density at radius 3 is 2.59 bits per heavy atom. The molecule has 1 aromatic heterocycles. The first kappa shape index (κ1) is 14.3. The van der Waals surface area contributed by atoms with Crippen molar-refractivity contribution >= 4 is 21.4 Å². The number of nitrogens with zero attached hydrogens (tertiary/aromatic N) is 3. The van der Waals surface area contributed by atoms with Crippen LogP contribution >= 0.6 is 11.6 Å². The summed E-state index contributed by atoms with van der Waals surface area (Å²) in [7, 11) is -1.11. The first-order valence-corrected chi connectivity index (χ1v) is 7.56. The third-order valence-corrected chi connectivity index (χ3v) is 3.24. The van der Waals surface area contributed by atoms with Crippen molar-refractivity contribution in [2.45, 2.75) is 13.5 Å². The predicted octanol–water partition coefficient (Wildman–Crippen LogP) is 0.915. The van der Waals surface area contributed by atoms with Crippen molar-refractivity contribution in [1.29, 1.82) is 0 Å². The van der Waals surface area contributed by atoms with Crippen LogP contribution in [0.15, 0.2) is 6.07 Å². The highest BCUT2D eigenvalue weighted by atomic mass is 35.5. The molecular weight excluding hydrogens is 262 g/mol. The molecule has 96 valence electrons. The van der Waals surface area contributed by atoms with E-state index < -0.39 is 9.84 Å². The number of sulfone groups is 1. The largest absolute Gasteiger partial charge is 0.298 e. The van der Waals surface area contributed by atoms with Crippen LogP contribution < -0.4 is 0 Å². The quantitative estimate of drug-likeness (QED) is 0.749. The number of rotatable bonds is 5. The van der Waals surface area contributed by atoms with E-state index in [-0.39, 0.29) is 5.75 Å². The molecule has 0 fully saturated rings. The molecule has 0 saturated heterocycles. The van der Waals surface area contributed by atoms with Gasteiger partial charge in [0.15, 0.2) is 0 Å². The zero-order valence-corrected chi connectivity index (χ0v) is 11.7. The van der Waals surface area contributed by atoms with Crippen LogP contribution in [-0.4, -0.2) is 48.9 Å². The summed E-state index contributed by atoms with van der Waals surface area (Å²) in [5, 5.41) is 0.406. The first-order chi connectivity index (χ1) is 7.76. The van der Waals surface area contributed by atoms with Crippen molar-refractivity contribution in [2.24, 2.45) is 0 Å². The Hall–Kier alpha value is -0.720. The average molecular weight is 278 g/mol. The summed E-state index contributed by atoms with van der Waals surface area (Å²) in [6.07, 6.45) is 1.22. The van der Waals surface area contributed by atoms with Gasteiger partial charge in [0.2, 0.25) is 0 Å². The topological polar surface area (TPSA) is 63.2 Å². The lowest BCUT2D eigenvalue weighted by atomic mass is 10.4. The first-order valence-electron chi connectivity index (χ1n) is 5.12. The van der Waals surface area contributed by atoms with E-state index in [1.807, 2.05) is 18.9 Å². The van der Waals surface area contributed by atoms with E-state index in [2.05, 4.69) is 9.97 Å². The second kappa shape index (κ2) is 5.75. The molecule has 0 spiro atoms. The highest BCUT2D eigenvalue weighted by Crippen LogP contribution is 2.07. The summed E-state index contributed by atoms with van der Waals surface area (Å²) in [5.74, 6) is 0.731. The van der Waals surface area contributed by atoms with Gasteiger partial charge < -0.3 is 0 Å². The van der Waals surface area contributed by atoms with Crippen LogP contribution in [0.2, 0.25) is 5.15 Å². The minimum atomic E-state index is -2.94. The molecule has 0 bridgehead atoms. The molecule has 0 aliphatic heterocycles. The molecule has 1 rings (SSSR count). The van der Waals surface area contributed by atoms with Crippen molar-refractivity contribution in [2.75, 3.05) is 25.6 Å². The third kappa shape index (κ3) is 5.95. The second-order valence-electron chi connectivity index (χ2n) is 4.12. The highest BCUT2D eigenvalue weighted by molar-refractivity contribution is 7.90. The van der Waals surface area contributed by atoms with Gasteiger partial charge in [0.1, 0.15) is 20.8 Å². The smallest absolute Gasteiger partial charge is 0.148 e. The number of hydrogen-bond acceptors (Lipinski definition) is 5. The molecule has 0 aliphatic carbocycles. The monoisotopic (exact) mass is 277 g/mol. The zero-order valence-electron chi connectivity index (χ0n) is 10.1. The van der Waals surface area contributed by atoms with E-state index >= 15 is 0 Å². The summed E-state index contributed by atoms with van der Waals surface area (Å²) < 4.78 is 22.0. The molecular formula is C10H16ClN3O2S. The Morgan fingerprint density at radius 1 is 1.41 bits per heavy atom. The van der Waals surface area contributed by atoms with Crippen LogP contribution in [0.4, 0.5) is 0 Å². The summed E-state index contributed by atoms with van der Waals surface area (Å²) in [6, 6.07) is 1.68. The van der Waals surface area contributed by atoms with Crippen LogP contribution in [0, 0.1) is 6.92 Å². The summed E-state index contributed by atoms with van der Waals surface area (Å²) in [4.78, 5) is 10.2. The van der Waals surface area contributed by atoms with Crippen LogP contribution in [-0.2, 0) is 16.4 Å². The van der Waals surface area contributed by atoms with Gasteiger partial charge in [-0.3, -0.25) is 4.90 Å². The minimum absolute atomic E-state index is 0.128. The fourth-order valence-corrected chi connectivity index (χ4v) is 2.20. The molecule has 0 atom stereocenters. The van der Waals surface area contributed by atoms with E-state index in [1.165, 1.54) is 6.26 Å². The number of aryl methyl sites for hydroxylation is 1. The van der Waals surface area contributed by atoms with Gasteiger partial charge in [0.05, 0.1) is 12.3 Å². The van der Waals surface area contributed by atoms with E-state index in [0.717, 1.165) is 5.69 Å². The summed E-state index contributed by atoms with van der Waals surface area (Å²) in [6.45, 7) is 2.78. The molecule has 7 heteroatoms. The Morgan fingerprint density at radius 2 is 2.06 bits per heavy atom. The fourth-order valence-electron chi connectivity index (χ4n) is 1.30. The maximum Gasteiger partial charge on any atom is 0.148 e. The van der Waals surface area contributed by atoms with Gasteiger partial charge in [0.25, 0.3) is 0 Å². The number of aromatic nitrogens is 2. The molecule has 0 unspecified atom stereocenters. The normalized spacial score (nSPS) is 12.1. The van der Waals surface area contributed by atoms with Gasteiger partial charge in [-0.25, -0.2) is 18.4 Å². The second-order valence-corrected chi connectivity index (χ2v) is 6.76. The predicted molar refractivity (Wildman–Crippen MR) is 67.8 cm³/mol. The van der Waals surface area contributed by atoms with Gasteiger partial charge in [-0.05, 0) is 20.0 Å². The van der Waals surface area contributed by atoms with Gasteiger partial charge in [-0.2, -0.15) is 0 Å². The summed E-state index contributed by atoms with van der Waals surface area (Å²) >= 11 is 5.82. The van der Waals surface area contributed by atoms with Crippen LogP contribution in [0.1, 0.15) is 11.5 Å². The molecule has 0 aromatic carbocycles. The van der Waals surface area contributed by atoms with Crippen molar-refractivity contribution in [3.05, 3.63) is 22.7 Å². The van der Waals surface area contributed by atoms with Gasteiger partial charge in [-0.1, -0.05) is 11.6 Å². The Bertz CT molecular complexity index is 470. The molecule has 0 saturated carbocycles. The van der Waals surface area contributed by atoms with Crippen molar-refractivity contribution < 1.29 is 8.42 Å². The average Bonchev–Trinajstić information content (AvgIpc) is 2.11. The van der Waals surface area contributed by atoms with Crippen molar-refractivity contribution in [1.82, 2.24) is 14.9 Å². The van der Waals surface area contributed by atoms with Crippen molar-refractivity contribution in [3.8, 4) is 0 Å². The van der Waals surface area contributed by atoms with E-state index in [0.29, 0.717) is 24.1 Å². The SMILES string of the molecule is Cc1cc(Cl)nc(CN(C)CCS(C)(=O)=O)n1. The molecule has 1 heterocycles. The van der Waals surface area contributed by atoms with Crippen LogP contribution in [0.3, 0.4) is 0 Å². The third-order valence-electron chi connectivity index (χ3n) is 2.12. The molecule has 0 aliphatic rings.